The second-order valence-electron chi connectivity index (χ2n) is 22.9. The summed E-state index contributed by atoms with van der Waals surface area (Å²) in [5, 5.41) is 0. The Kier molecular flexibility index (Phi) is 19.9. The molecule has 0 saturated carbocycles. The van der Waals surface area contributed by atoms with Gasteiger partial charge in [-0.15, -0.1) is 0 Å². The average molecular weight is 920 g/mol. The Balaban J connectivity index is 4.02. The summed E-state index contributed by atoms with van der Waals surface area (Å²) in [5.74, 6) is 0. The SMILES string of the molecule is C[Si](C)(C)OC[C@H]1O[C@@H](OC[C@@H](O[Si](C)(C)C)[C@@H](O[Si](C)(C)C)[C@H](O[Si](C)(C)C)[C@H](C=O)O[Si](C)(C)C)[C@H](O[Si](C)(C)C)[C@@H](O[Si](C)(C)C)[C@@H]1O[Si](C)(C)C. The Bertz CT molecular complexity index is 1160. The molecule has 11 nitrogen and oxygen atoms in total. The second kappa shape index (κ2) is 20.3. The van der Waals surface area contributed by atoms with E-state index >= 15 is 0 Å². The maximum Gasteiger partial charge on any atom is 0.185 e. The van der Waals surface area contributed by atoms with E-state index in [1.54, 1.807) is 0 Å². The molecule has 1 heterocycles. The number of hydrogen-bond acceptors (Lipinski definition) is 11. The van der Waals surface area contributed by atoms with Crippen LogP contribution in [0, 0.1) is 0 Å². The van der Waals surface area contributed by atoms with Gasteiger partial charge < -0.3 is 49.7 Å². The van der Waals surface area contributed by atoms with Crippen molar-refractivity contribution in [2.45, 2.75) is 212 Å². The molecule has 0 radical (unpaired) electrons. The standard InChI is InChI=1S/C36H86O11Si8/c1-48(2,3)39-27-29-32(44-52(13,14)15)34(46-54(19,20)21)35(47-55(22,23)24)36(40-29)38-26-30(42-50(7,8)9)33(45-53(16,17)18)31(43-51(10,11)12)28(25-37)41-49(4,5)6/h25,28-36H,26-27H2,1-24H3/t28-,29+,30+,31+,32+,33+,34-,35+,36+/m0/s1. The largest absolute Gasteiger partial charge is 0.415 e. The molecule has 0 amide bonds. The summed E-state index contributed by atoms with van der Waals surface area (Å²) in [6.45, 7) is 52.3. The molecule has 55 heavy (non-hydrogen) atoms. The van der Waals surface area contributed by atoms with Gasteiger partial charge in [-0.05, 0) is 157 Å². The van der Waals surface area contributed by atoms with E-state index in [-0.39, 0.29) is 6.61 Å². The van der Waals surface area contributed by atoms with Gasteiger partial charge in [0.25, 0.3) is 0 Å². The summed E-state index contributed by atoms with van der Waals surface area (Å²) >= 11 is 0. The molecule has 1 rings (SSSR count). The number of aldehydes is 1. The molecule has 0 bridgehead atoms. The Morgan fingerprint density at radius 3 is 1.25 bits per heavy atom. The van der Waals surface area contributed by atoms with Gasteiger partial charge in [-0.1, -0.05) is 0 Å². The van der Waals surface area contributed by atoms with Gasteiger partial charge in [-0.2, -0.15) is 0 Å². The van der Waals surface area contributed by atoms with Crippen LogP contribution in [0.5, 0.6) is 0 Å². The molecule has 328 valence electrons. The van der Waals surface area contributed by atoms with E-state index in [0.29, 0.717) is 6.61 Å². The predicted molar refractivity (Wildman–Crippen MR) is 248 cm³/mol. The molecule has 0 aromatic rings. The average Bonchev–Trinajstić information content (AvgIpc) is 2.88. The highest BCUT2D eigenvalue weighted by Crippen LogP contribution is 2.36. The summed E-state index contributed by atoms with van der Waals surface area (Å²) in [7, 11) is -17.4. The molecule has 1 saturated heterocycles. The minimum atomic E-state index is -2.27. The fourth-order valence-corrected chi connectivity index (χ4v) is 14.2. The van der Waals surface area contributed by atoms with Crippen LogP contribution < -0.4 is 0 Å². The fraction of sp³-hybridized carbons (Fsp3) is 0.972. The molecule has 1 aliphatic heterocycles. The van der Waals surface area contributed by atoms with Crippen LogP contribution in [0.25, 0.3) is 0 Å². The molecule has 19 heteroatoms. The molecule has 0 aromatic carbocycles. The van der Waals surface area contributed by atoms with E-state index in [4.69, 9.17) is 44.9 Å². The van der Waals surface area contributed by atoms with E-state index in [1.807, 2.05) is 0 Å². The van der Waals surface area contributed by atoms with Crippen LogP contribution in [0.4, 0.5) is 0 Å². The Hall–Kier alpha value is 1.01. The molecule has 0 N–H and O–H groups in total. The number of carbonyl (C=O) groups excluding carboxylic acids is 1. The number of hydrogen-bond donors (Lipinski definition) is 0. The molecule has 1 fully saturated rings. The Morgan fingerprint density at radius 2 is 0.873 bits per heavy atom. The summed E-state index contributed by atoms with van der Waals surface area (Å²) in [6, 6.07) is 0. The van der Waals surface area contributed by atoms with E-state index in [0.717, 1.165) is 6.29 Å². The van der Waals surface area contributed by atoms with Crippen molar-refractivity contribution >= 4 is 72.8 Å². The first-order chi connectivity index (χ1) is 24.2. The second-order valence-corrected chi connectivity index (χ2v) is 58.6. The number of carbonyl (C=O) groups is 1. The first-order valence-electron chi connectivity index (χ1n) is 20.3. The normalized spacial score (nSPS) is 25.1. The highest BCUT2D eigenvalue weighted by Gasteiger charge is 2.53. The van der Waals surface area contributed by atoms with Crippen molar-refractivity contribution in [2.75, 3.05) is 13.2 Å². The lowest BCUT2D eigenvalue weighted by Crippen LogP contribution is -2.67. The molecule has 0 aromatic heterocycles. The minimum absolute atomic E-state index is 0.112. The monoisotopic (exact) mass is 918 g/mol. The Labute approximate surface area is 346 Å². The molecule has 0 unspecified atom stereocenters. The quantitative estimate of drug-likeness (QED) is 0.0683. The highest BCUT2D eigenvalue weighted by atomic mass is 28.4. The third-order valence-electron chi connectivity index (χ3n) is 7.29. The van der Waals surface area contributed by atoms with Crippen molar-refractivity contribution in [1.29, 1.82) is 0 Å². The van der Waals surface area contributed by atoms with E-state index in [9.17, 15) is 4.79 Å². The van der Waals surface area contributed by atoms with Crippen molar-refractivity contribution in [3.63, 3.8) is 0 Å². The van der Waals surface area contributed by atoms with Crippen LogP contribution in [-0.2, 0) is 49.7 Å². The van der Waals surface area contributed by atoms with Crippen LogP contribution in [0.2, 0.25) is 157 Å². The summed E-state index contributed by atoms with van der Waals surface area (Å²) in [6.07, 6.45) is -4.61. The molecule has 0 aliphatic carbocycles. The first-order valence-corrected chi connectivity index (χ1v) is 47.6. The van der Waals surface area contributed by atoms with Crippen molar-refractivity contribution in [1.82, 2.24) is 0 Å². The Morgan fingerprint density at radius 1 is 0.473 bits per heavy atom. The van der Waals surface area contributed by atoms with Gasteiger partial charge >= 0.3 is 0 Å². The molecular formula is C36H86O11Si8. The molecular weight excluding hydrogens is 833 g/mol. The van der Waals surface area contributed by atoms with Crippen LogP contribution in [0.3, 0.4) is 0 Å². The lowest BCUT2D eigenvalue weighted by Gasteiger charge is -2.51. The van der Waals surface area contributed by atoms with Gasteiger partial charge in [0, 0.05) is 0 Å². The lowest BCUT2D eigenvalue weighted by atomic mass is 9.99. The zero-order chi connectivity index (χ0) is 43.4. The zero-order valence-corrected chi connectivity index (χ0v) is 47.7. The van der Waals surface area contributed by atoms with Gasteiger partial charge in [-0.25, -0.2) is 0 Å². The zero-order valence-electron chi connectivity index (χ0n) is 39.7. The van der Waals surface area contributed by atoms with Crippen LogP contribution in [0.15, 0.2) is 0 Å². The predicted octanol–water partition coefficient (Wildman–Crippen LogP) is 9.32. The van der Waals surface area contributed by atoms with Gasteiger partial charge in [0.15, 0.2) is 72.8 Å². The molecule has 0 spiro atoms. The number of ether oxygens (including phenoxy) is 2. The van der Waals surface area contributed by atoms with Crippen molar-refractivity contribution in [2.24, 2.45) is 0 Å². The van der Waals surface area contributed by atoms with Crippen LogP contribution in [-0.4, -0.2) is 141 Å². The van der Waals surface area contributed by atoms with E-state index in [2.05, 4.69) is 157 Å². The lowest BCUT2D eigenvalue weighted by molar-refractivity contribution is -0.296. The third-order valence-corrected chi connectivity index (χ3v) is 15.2. The van der Waals surface area contributed by atoms with Gasteiger partial charge in [0.05, 0.1) is 19.3 Å². The van der Waals surface area contributed by atoms with Gasteiger partial charge in [-0.3, -0.25) is 0 Å². The van der Waals surface area contributed by atoms with E-state index in [1.165, 1.54) is 0 Å². The minimum Gasteiger partial charge on any atom is -0.415 e. The van der Waals surface area contributed by atoms with Crippen molar-refractivity contribution in [3.05, 3.63) is 0 Å². The van der Waals surface area contributed by atoms with Gasteiger partial charge in [0.2, 0.25) is 0 Å². The topological polar surface area (TPSA) is 109 Å². The molecule has 1 aliphatic rings. The summed E-state index contributed by atoms with van der Waals surface area (Å²) in [4.78, 5) is 13.0. The number of rotatable bonds is 24. The fourth-order valence-electron chi connectivity index (χ4n) is 6.02. The van der Waals surface area contributed by atoms with Gasteiger partial charge in [0.1, 0.15) is 49.0 Å². The maximum absolute atomic E-state index is 13.0. The smallest absolute Gasteiger partial charge is 0.185 e. The summed E-state index contributed by atoms with van der Waals surface area (Å²) in [5.41, 5.74) is 0. The van der Waals surface area contributed by atoms with Crippen molar-refractivity contribution in [3.8, 4) is 0 Å². The maximum atomic E-state index is 13.0. The van der Waals surface area contributed by atoms with Crippen LogP contribution >= 0.6 is 0 Å². The first kappa shape index (κ1) is 54.0. The summed E-state index contributed by atoms with van der Waals surface area (Å²) < 4.78 is 69.3. The third kappa shape index (κ3) is 23.6. The molecule has 9 atom stereocenters. The van der Waals surface area contributed by atoms with Crippen molar-refractivity contribution < 1.29 is 49.7 Å². The van der Waals surface area contributed by atoms with E-state index < -0.39 is 122 Å². The highest BCUT2D eigenvalue weighted by molar-refractivity contribution is 6.72. The van der Waals surface area contributed by atoms with Crippen LogP contribution in [0.1, 0.15) is 0 Å².